The summed E-state index contributed by atoms with van der Waals surface area (Å²) in [7, 11) is 1.61. The van der Waals surface area contributed by atoms with Gasteiger partial charge in [-0.25, -0.2) is 4.98 Å². The van der Waals surface area contributed by atoms with Crippen molar-refractivity contribution in [2.75, 3.05) is 7.05 Å². The first-order valence-electron chi connectivity index (χ1n) is 7.50. The van der Waals surface area contributed by atoms with Gasteiger partial charge in [-0.05, 0) is 17.7 Å². The number of fused-ring (bicyclic) bond motifs is 1. The molecule has 122 valence electrons. The van der Waals surface area contributed by atoms with Crippen molar-refractivity contribution in [2.24, 2.45) is 5.73 Å². The number of carbonyl (C=O) groups excluding carboxylic acids is 1. The molecule has 0 saturated carbocycles. The van der Waals surface area contributed by atoms with Crippen molar-refractivity contribution < 1.29 is 4.79 Å². The van der Waals surface area contributed by atoms with E-state index in [1.807, 2.05) is 54.6 Å². The maximum Gasteiger partial charge on any atom is 0.221 e. The third-order valence-corrected chi connectivity index (χ3v) is 5.60. The number of hydrogen-bond acceptors (Lipinski definition) is 4. The van der Waals surface area contributed by atoms with E-state index in [1.165, 1.54) is 11.3 Å². The Bertz CT molecular complexity index is 858. The van der Waals surface area contributed by atoms with Crippen molar-refractivity contribution in [2.45, 2.75) is 11.8 Å². The lowest BCUT2D eigenvalue weighted by Gasteiger charge is -2.30. The summed E-state index contributed by atoms with van der Waals surface area (Å²) in [5.74, 6) is -0.133. The number of thiocarbonyl (C=S) groups is 1. The van der Waals surface area contributed by atoms with Crippen LogP contribution in [0.1, 0.15) is 17.0 Å². The van der Waals surface area contributed by atoms with Gasteiger partial charge in [-0.15, -0.1) is 11.3 Å². The van der Waals surface area contributed by atoms with Crippen LogP contribution in [0.5, 0.6) is 0 Å². The number of nitrogens with two attached hydrogens (primary N) is 1. The SMILES string of the molecule is CNC(=O)CC(C(N)=S)(c1ccccc1)c1nc2ccccc2s1. The molecule has 24 heavy (non-hydrogen) atoms. The molecule has 6 heteroatoms. The molecule has 0 bridgehead atoms. The fourth-order valence-electron chi connectivity index (χ4n) is 2.74. The number of thiazole rings is 1. The predicted octanol–water partition coefficient (Wildman–Crippen LogP) is 3.00. The third kappa shape index (κ3) is 2.79. The molecule has 0 aliphatic heterocycles. The minimum atomic E-state index is -0.916. The van der Waals surface area contributed by atoms with E-state index in [1.54, 1.807) is 7.05 Å². The first kappa shape index (κ1) is 16.5. The maximum atomic E-state index is 12.2. The van der Waals surface area contributed by atoms with Gasteiger partial charge in [0.2, 0.25) is 5.91 Å². The smallest absolute Gasteiger partial charge is 0.221 e. The van der Waals surface area contributed by atoms with Gasteiger partial charge in [-0.1, -0.05) is 54.7 Å². The average molecular weight is 355 g/mol. The van der Waals surface area contributed by atoms with E-state index in [4.69, 9.17) is 22.9 Å². The Hall–Kier alpha value is -2.31. The molecule has 3 aromatic rings. The Morgan fingerprint density at radius 3 is 2.50 bits per heavy atom. The minimum absolute atomic E-state index is 0.128. The topological polar surface area (TPSA) is 68.0 Å². The van der Waals surface area contributed by atoms with Crippen molar-refractivity contribution in [1.29, 1.82) is 0 Å². The molecule has 3 N–H and O–H groups in total. The molecular weight excluding hydrogens is 338 g/mol. The summed E-state index contributed by atoms with van der Waals surface area (Å²) >= 11 is 6.95. The highest BCUT2D eigenvalue weighted by molar-refractivity contribution is 7.80. The monoisotopic (exact) mass is 355 g/mol. The van der Waals surface area contributed by atoms with Gasteiger partial charge < -0.3 is 11.1 Å². The Kier molecular flexibility index (Phi) is 4.59. The highest BCUT2D eigenvalue weighted by atomic mass is 32.1. The van der Waals surface area contributed by atoms with Crippen LogP contribution in [0.2, 0.25) is 0 Å². The summed E-state index contributed by atoms with van der Waals surface area (Å²) < 4.78 is 1.04. The third-order valence-electron chi connectivity index (χ3n) is 4.05. The molecule has 0 aliphatic rings. The summed E-state index contributed by atoms with van der Waals surface area (Å²) in [6.07, 6.45) is 0.128. The number of aromatic nitrogens is 1. The standard InChI is InChI=1S/C18H17N3OS2/c1-20-15(22)11-18(16(19)23,12-7-3-2-4-8-12)17-21-13-9-5-6-10-14(13)24-17/h2-10H,11H2,1H3,(H2,19,23)(H,20,22). The molecule has 1 unspecified atom stereocenters. The molecule has 0 aliphatic carbocycles. The van der Waals surface area contributed by atoms with E-state index in [-0.39, 0.29) is 17.3 Å². The van der Waals surface area contributed by atoms with Gasteiger partial charge in [-0.2, -0.15) is 0 Å². The normalized spacial score (nSPS) is 13.4. The van der Waals surface area contributed by atoms with E-state index in [9.17, 15) is 4.79 Å². The van der Waals surface area contributed by atoms with E-state index in [2.05, 4.69) is 5.32 Å². The highest BCUT2D eigenvalue weighted by Crippen LogP contribution is 2.40. The first-order chi connectivity index (χ1) is 11.6. The molecule has 0 spiro atoms. The summed E-state index contributed by atoms with van der Waals surface area (Å²) in [6, 6.07) is 17.5. The number of benzene rings is 2. The van der Waals surface area contributed by atoms with E-state index in [0.29, 0.717) is 0 Å². The lowest BCUT2D eigenvalue weighted by molar-refractivity contribution is -0.121. The average Bonchev–Trinajstić information content (AvgIpc) is 3.04. The Balaban J connectivity index is 2.27. The van der Waals surface area contributed by atoms with Gasteiger partial charge in [-0.3, -0.25) is 4.79 Å². The molecule has 0 saturated heterocycles. The summed E-state index contributed by atoms with van der Waals surface area (Å²) in [5, 5.41) is 3.41. The lowest BCUT2D eigenvalue weighted by Crippen LogP contribution is -2.44. The molecule has 2 aromatic carbocycles. The van der Waals surface area contributed by atoms with Gasteiger partial charge >= 0.3 is 0 Å². The second-order valence-corrected chi connectivity index (χ2v) is 6.94. The van der Waals surface area contributed by atoms with Crippen LogP contribution < -0.4 is 11.1 Å². The number of amides is 1. The zero-order valence-corrected chi connectivity index (χ0v) is 14.8. The molecule has 4 nitrogen and oxygen atoms in total. The van der Waals surface area contributed by atoms with Gasteiger partial charge in [0.25, 0.3) is 0 Å². The van der Waals surface area contributed by atoms with Crippen molar-refractivity contribution >= 4 is 44.7 Å². The second kappa shape index (κ2) is 6.67. The molecule has 1 aromatic heterocycles. The molecule has 0 fully saturated rings. The van der Waals surface area contributed by atoms with Gasteiger partial charge in [0, 0.05) is 13.5 Å². The summed E-state index contributed by atoms with van der Waals surface area (Å²) in [5.41, 5.74) is 7.02. The molecule has 3 rings (SSSR count). The number of rotatable bonds is 5. The zero-order valence-electron chi connectivity index (χ0n) is 13.2. The van der Waals surface area contributed by atoms with Crippen molar-refractivity contribution in [3.8, 4) is 0 Å². The fourth-order valence-corrected chi connectivity index (χ4v) is 4.29. The van der Waals surface area contributed by atoms with Crippen molar-refractivity contribution in [3.05, 3.63) is 65.2 Å². The van der Waals surface area contributed by atoms with Gasteiger partial charge in [0.05, 0.1) is 15.2 Å². The van der Waals surface area contributed by atoms with Crippen LogP contribution in [0.25, 0.3) is 10.2 Å². The van der Waals surface area contributed by atoms with Crippen molar-refractivity contribution in [1.82, 2.24) is 10.3 Å². The number of carbonyl (C=O) groups is 1. The predicted molar refractivity (Wildman–Crippen MR) is 102 cm³/mol. The van der Waals surface area contributed by atoms with E-state index in [0.717, 1.165) is 20.8 Å². The molecular formula is C18H17N3OS2. The minimum Gasteiger partial charge on any atom is -0.392 e. The maximum absolute atomic E-state index is 12.2. The van der Waals surface area contributed by atoms with Crippen LogP contribution in [0, 0.1) is 0 Å². The van der Waals surface area contributed by atoms with Crippen LogP contribution in [0.15, 0.2) is 54.6 Å². The Morgan fingerprint density at radius 1 is 1.21 bits per heavy atom. The van der Waals surface area contributed by atoms with Crippen LogP contribution in [-0.2, 0) is 10.2 Å². The van der Waals surface area contributed by atoms with E-state index < -0.39 is 5.41 Å². The molecule has 1 amide bonds. The molecule has 1 heterocycles. The van der Waals surface area contributed by atoms with Crippen LogP contribution >= 0.6 is 23.6 Å². The van der Waals surface area contributed by atoms with Gasteiger partial charge in [0.1, 0.15) is 10.4 Å². The van der Waals surface area contributed by atoms with E-state index >= 15 is 0 Å². The molecule has 1 atom stereocenters. The fraction of sp³-hybridized carbons (Fsp3) is 0.167. The Labute approximate surface area is 149 Å². The first-order valence-corrected chi connectivity index (χ1v) is 8.72. The van der Waals surface area contributed by atoms with Crippen LogP contribution in [-0.4, -0.2) is 22.9 Å². The number of hydrogen-bond donors (Lipinski definition) is 2. The quantitative estimate of drug-likeness (QED) is 0.691. The number of para-hydroxylation sites is 1. The Morgan fingerprint density at radius 2 is 1.88 bits per heavy atom. The second-order valence-electron chi connectivity index (χ2n) is 5.47. The van der Waals surface area contributed by atoms with Crippen LogP contribution in [0.3, 0.4) is 0 Å². The zero-order chi connectivity index (χ0) is 17.2. The van der Waals surface area contributed by atoms with Crippen molar-refractivity contribution in [3.63, 3.8) is 0 Å². The largest absolute Gasteiger partial charge is 0.392 e. The number of nitrogens with one attached hydrogen (secondary N) is 1. The number of nitrogens with zero attached hydrogens (tertiary/aromatic N) is 1. The summed E-state index contributed by atoms with van der Waals surface area (Å²) in [4.78, 5) is 17.2. The molecule has 0 radical (unpaired) electrons. The van der Waals surface area contributed by atoms with Gasteiger partial charge in [0.15, 0.2) is 0 Å². The highest BCUT2D eigenvalue weighted by Gasteiger charge is 2.42. The van der Waals surface area contributed by atoms with Crippen LogP contribution in [0.4, 0.5) is 0 Å². The summed E-state index contributed by atoms with van der Waals surface area (Å²) in [6.45, 7) is 0. The lowest BCUT2D eigenvalue weighted by atomic mass is 9.77.